The molecule has 0 atom stereocenters. The highest BCUT2D eigenvalue weighted by Crippen LogP contribution is 2.34. The van der Waals surface area contributed by atoms with Crippen LogP contribution in [0.5, 0.6) is 5.75 Å². The molecule has 0 unspecified atom stereocenters. The summed E-state index contributed by atoms with van der Waals surface area (Å²) in [5.41, 5.74) is 2.54. The lowest BCUT2D eigenvalue weighted by Gasteiger charge is -2.15. The van der Waals surface area contributed by atoms with E-state index in [2.05, 4.69) is 27.8 Å². The Kier molecular flexibility index (Phi) is 9.20. The molecule has 0 aromatic heterocycles. The zero-order valence-corrected chi connectivity index (χ0v) is 21.6. The van der Waals surface area contributed by atoms with Gasteiger partial charge in [0.25, 0.3) is 5.91 Å². The predicted octanol–water partition coefficient (Wildman–Crippen LogP) is 8.26. The van der Waals surface area contributed by atoms with E-state index < -0.39 is 5.91 Å². The maximum Gasteiger partial charge on any atom is 0.266 e. The molecule has 0 aliphatic rings. The van der Waals surface area contributed by atoms with Crippen LogP contribution in [-0.4, -0.2) is 5.91 Å². The number of amides is 1. The van der Waals surface area contributed by atoms with E-state index in [1.165, 1.54) is 6.08 Å². The molecular weight excluding hydrogens is 559 g/mol. The van der Waals surface area contributed by atoms with Crippen molar-refractivity contribution in [3.8, 4) is 11.8 Å². The van der Waals surface area contributed by atoms with E-state index in [-0.39, 0.29) is 17.2 Å². The zero-order chi connectivity index (χ0) is 24.7. The van der Waals surface area contributed by atoms with Gasteiger partial charge in [-0.3, -0.25) is 4.79 Å². The van der Waals surface area contributed by atoms with Gasteiger partial charge in [0, 0.05) is 10.6 Å². The van der Waals surface area contributed by atoms with Gasteiger partial charge < -0.3 is 10.1 Å². The van der Waals surface area contributed by atoms with Crippen LogP contribution >= 0.6 is 50.7 Å². The second kappa shape index (κ2) is 12.1. The number of nitrogens with one attached hydrogen (secondary N) is 1. The van der Waals surface area contributed by atoms with Crippen molar-refractivity contribution in [2.75, 3.05) is 5.32 Å². The Labute approximate surface area is 221 Å². The number of nitrogens with zero attached hydrogens (tertiary/aromatic N) is 1. The first-order valence-corrected chi connectivity index (χ1v) is 11.9. The average molecular weight is 577 g/mol. The third-order valence-electron chi connectivity index (χ3n) is 4.71. The Bertz CT molecular complexity index is 1320. The highest BCUT2D eigenvalue weighted by atomic mass is 79.9. The van der Waals surface area contributed by atoms with E-state index in [9.17, 15) is 10.1 Å². The maximum absolute atomic E-state index is 12.7. The molecular formula is C26H18BrCl3N2O2. The van der Waals surface area contributed by atoms with Gasteiger partial charge in [0.1, 0.15) is 24.0 Å². The molecule has 0 saturated carbocycles. The Morgan fingerprint density at radius 3 is 2.53 bits per heavy atom. The van der Waals surface area contributed by atoms with E-state index in [1.807, 2.05) is 30.3 Å². The van der Waals surface area contributed by atoms with Crippen LogP contribution in [0.2, 0.25) is 15.1 Å². The summed E-state index contributed by atoms with van der Waals surface area (Å²) in [7, 11) is 0. The number of hydrogen-bond acceptors (Lipinski definition) is 3. The quantitative estimate of drug-likeness (QED) is 0.167. The summed E-state index contributed by atoms with van der Waals surface area (Å²) in [5, 5.41) is 13.3. The standard InChI is InChI=1S/C26H18BrCl3N2O2/c1-2-6-17-11-16(13-20(27)25(17)34-15-18-7-3-4-8-21(18)28)12-19(14-31)26(33)32-23-10-5-9-22(29)24(23)30/h2-5,7-13H,1,6,15H2,(H,32,33)/b19-12-. The van der Waals surface area contributed by atoms with Crippen molar-refractivity contribution in [3.05, 3.63) is 109 Å². The molecule has 3 rings (SSSR count). The molecule has 0 spiro atoms. The van der Waals surface area contributed by atoms with Crippen molar-refractivity contribution in [1.82, 2.24) is 0 Å². The van der Waals surface area contributed by atoms with Gasteiger partial charge in [0.15, 0.2) is 0 Å². The number of carbonyl (C=O) groups is 1. The largest absolute Gasteiger partial charge is 0.487 e. The molecule has 34 heavy (non-hydrogen) atoms. The van der Waals surface area contributed by atoms with Crippen LogP contribution in [0.4, 0.5) is 5.69 Å². The van der Waals surface area contributed by atoms with Gasteiger partial charge >= 0.3 is 0 Å². The van der Waals surface area contributed by atoms with E-state index >= 15 is 0 Å². The third-order valence-corrected chi connectivity index (χ3v) is 6.49. The molecule has 4 nitrogen and oxygen atoms in total. The Morgan fingerprint density at radius 2 is 1.82 bits per heavy atom. The first kappa shape index (κ1) is 25.9. The smallest absolute Gasteiger partial charge is 0.266 e. The molecule has 1 amide bonds. The first-order chi connectivity index (χ1) is 16.3. The second-order valence-electron chi connectivity index (χ2n) is 7.09. The van der Waals surface area contributed by atoms with Gasteiger partial charge in [-0.25, -0.2) is 0 Å². The van der Waals surface area contributed by atoms with E-state index in [0.717, 1.165) is 11.1 Å². The minimum absolute atomic E-state index is 0.0998. The highest BCUT2D eigenvalue weighted by molar-refractivity contribution is 9.10. The topological polar surface area (TPSA) is 62.1 Å². The maximum atomic E-state index is 12.7. The minimum atomic E-state index is -0.605. The fourth-order valence-electron chi connectivity index (χ4n) is 3.10. The molecule has 0 heterocycles. The van der Waals surface area contributed by atoms with Crippen molar-refractivity contribution in [3.63, 3.8) is 0 Å². The fraction of sp³-hybridized carbons (Fsp3) is 0.0769. The average Bonchev–Trinajstić information content (AvgIpc) is 2.81. The third kappa shape index (κ3) is 6.43. The van der Waals surface area contributed by atoms with Crippen molar-refractivity contribution in [2.45, 2.75) is 13.0 Å². The van der Waals surface area contributed by atoms with Crippen molar-refractivity contribution >= 4 is 68.4 Å². The van der Waals surface area contributed by atoms with Crippen LogP contribution in [0.1, 0.15) is 16.7 Å². The summed E-state index contributed by atoms with van der Waals surface area (Å²) < 4.78 is 6.72. The van der Waals surface area contributed by atoms with E-state index in [4.69, 9.17) is 39.5 Å². The normalized spacial score (nSPS) is 11.0. The molecule has 0 aliphatic heterocycles. The van der Waals surface area contributed by atoms with Gasteiger partial charge in [-0.1, -0.05) is 65.1 Å². The number of carbonyl (C=O) groups excluding carboxylic acids is 1. The first-order valence-electron chi connectivity index (χ1n) is 10.0. The Balaban J connectivity index is 1.88. The molecule has 0 bridgehead atoms. The molecule has 0 aliphatic carbocycles. The summed E-state index contributed by atoms with van der Waals surface area (Å²) in [5.74, 6) is 0.0257. The molecule has 0 radical (unpaired) electrons. The van der Waals surface area contributed by atoms with Crippen molar-refractivity contribution < 1.29 is 9.53 Å². The van der Waals surface area contributed by atoms with Gasteiger partial charge in [0.2, 0.25) is 0 Å². The molecule has 1 N–H and O–H groups in total. The van der Waals surface area contributed by atoms with Gasteiger partial charge in [-0.2, -0.15) is 5.26 Å². The van der Waals surface area contributed by atoms with Crippen molar-refractivity contribution in [1.29, 1.82) is 5.26 Å². The number of anilines is 1. The molecule has 0 saturated heterocycles. The monoisotopic (exact) mass is 574 g/mol. The minimum Gasteiger partial charge on any atom is -0.487 e. The molecule has 3 aromatic rings. The van der Waals surface area contributed by atoms with Crippen LogP contribution in [0.15, 0.2) is 77.3 Å². The molecule has 172 valence electrons. The number of allylic oxidation sites excluding steroid dienone is 1. The summed E-state index contributed by atoms with van der Waals surface area (Å²) >= 11 is 21.9. The number of hydrogen-bond donors (Lipinski definition) is 1. The molecule has 8 heteroatoms. The zero-order valence-electron chi connectivity index (χ0n) is 17.7. The van der Waals surface area contributed by atoms with E-state index in [1.54, 1.807) is 36.4 Å². The van der Waals surface area contributed by atoms with Crippen LogP contribution in [0.3, 0.4) is 0 Å². The summed E-state index contributed by atoms with van der Waals surface area (Å²) in [6, 6.07) is 17.8. The van der Waals surface area contributed by atoms with Crippen LogP contribution in [0.25, 0.3) is 6.08 Å². The van der Waals surface area contributed by atoms with Gasteiger partial charge in [0.05, 0.1) is 20.2 Å². The fourth-order valence-corrected chi connectivity index (χ4v) is 4.27. The number of halogens is 4. The lowest BCUT2D eigenvalue weighted by atomic mass is 10.0. The van der Waals surface area contributed by atoms with Crippen LogP contribution in [0, 0.1) is 11.3 Å². The second-order valence-corrected chi connectivity index (χ2v) is 9.14. The summed E-state index contributed by atoms with van der Waals surface area (Å²) in [6.07, 6.45) is 3.75. The lowest BCUT2D eigenvalue weighted by Crippen LogP contribution is -2.13. The number of nitriles is 1. The van der Waals surface area contributed by atoms with Gasteiger partial charge in [-0.05, 0) is 69.9 Å². The van der Waals surface area contributed by atoms with Crippen LogP contribution < -0.4 is 10.1 Å². The Morgan fingerprint density at radius 1 is 1.09 bits per heavy atom. The summed E-state index contributed by atoms with van der Waals surface area (Å²) in [6.45, 7) is 4.09. The van der Waals surface area contributed by atoms with Gasteiger partial charge in [-0.15, -0.1) is 6.58 Å². The number of ether oxygens (including phenoxy) is 1. The highest BCUT2D eigenvalue weighted by Gasteiger charge is 2.15. The molecule has 0 fully saturated rings. The Hall–Kier alpha value is -2.75. The molecule has 3 aromatic carbocycles. The lowest BCUT2D eigenvalue weighted by molar-refractivity contribution is -0.112. The SMILES string of the molecule is C=CCc1cc(/C=C(/C#N)C(=O)Nc2cccc(Cl)c2Cl)cc(Br)c1OCc1ccccc1Cl. The number of benzene rings is 3. The van der Waals surface area contributed by atoms with Crippen LogP contribution in [-0.2, 0) is 17.8 Å². The summed E-state index contributed by atoms with van der Waals surface area (Å²) in [4.78, 5) is 12.7. The van der Waals surface area contributed by atoms with E-state index in [0.29, 0.717) is 37.9 Å². The predicted molar refractivity (Wildman–Crippen MR) is 143 cm³/mol. The van der Waals surface area contributed by atoms with Crippen molar-refractivity contribution in [2.24, 2.45) is 0 Å². The number of rotatable bonds is 8.